The molecule has 1 heterocycles. The van der Waals surface area contributed by atoms with E-state index in [1.54, 1.807) is 24.3 Å². The molecule has 1 saturated heterocycles. The molecule has 5 heteroatoms. The summed E-state index contributed by atoms with van der Waals surface area (Å²) in [6.45, 7) is 3.87. The number of carbonyl (C=O) groups excluding carboxylic acids is 1. The van der Waals surface area contributed by atoms with E-state index in [0.29, 0.717) is 37.2 Å². The Balaban J connectivity index is 1.67. The van der Waals surface area contributed by atoms with Crippen molar-refractivity contribution in [3.8, 4) is 6.07 Å². The van der Waals surface area contributed by atoms with Gasteiger partial charge in [0.2, 0.25) is 0 Å². The van der Waals surface area contributed by atoms with Crippen molar-refractivity contribution >= 4 is 5.91 Å². The van der Waals surface area contributed by atoms with Crippen LogP contribution in [0.5, 0.6) is 0 Å². The van der Waals surface area contributed by atoms with Crippen LogP contribution >= 0.6 is 0 Å². The van der Waals surface area contributed by atoms with E-state index >= 15 is 0 Å². The number of nitrogens with zero attached hydrogens (tertiary/aromatic N) is 2. The van der Waals surface area contributed by atoms with E-state index in [0.717, 1.165) is 12.8 Å². The van der Waals surface area contributed by atoms with Crippen molar-refractivity contribution in [1.29, 1.82) is 5.26 Å². The standard InChI is InChI=1S/C18H22N2O3/c1-2-23-16-11-15(21)18(16)6-8-20(9-7-18)17(22)14-5-3-4-13(10-14)12-19/h3-5,10,15-16,21H,2,6-9,11H2,1H3. The van der Waals surface area contributed by atoms with Crippen LogP contribution in [0.2, 0.25) is 0 Å². The summed E-state index contributed by atoms with van der Waals surface area (Å²) in [5.74, 6) is -0.0428. The van der Waals surface area contributed by atoms with Crippen molar-refractivity contribution in [2.45, 2.75) is 38.4 Å². The van der Waals surface area contributed by atoms with Gasteiger partial charge < -0.3 is 14.7 Å². The number of carbonyl (C=O) groups is 1. The minimum absolute atomic E-state index is 0.0428. The molecule has 2 unspecified atom stereocenters. The second-order valence-electron chi connectivity index (χ2n) is 6.41. The maximum Gasteiger partial charge on any atom is 0.253 e. The molecule has 1 N–H and O–H groups in total. The number of rotatable bonds is 3. The van der Waals surface area contributed by atoms with Crippen LogP contribution in [0.15, 0.2) is 24.3 Å². The second-order valence-corrected chi connectivity index (χ2v) is 6.41. The predicted octanol–water partition coefficient (Wildman–Crippen LogP) is 1.95. The van der Waals surface area contributed by atoms with E-state index in [9.17, 15) is 9.90 Å². The second kappa shape index (κ2) is 6.31. The van der Waals surface area contributed by atoms with Crippen LogP contribution in [0.1, 0.15) is 42.1 Å². The predicted molar refractivity (Wildman–Crippen MR) is 84.8 cm³/mol. The normalized spacial score (nSPS) is 25.7. The first-order valence-corrected chi connectivity index (χ1v) is 8.20. The topological polar surface area (TPSA) is 73.6 Å². The molecule has 1 aliphatic carbocycles. The van der Waals surface area contributed by atoms with Gasteiger partial charge in [-0.1, -0.05) is 6.07 Å². The molecule has 0 aromatic heterocycles. The van der Waals surface area contributed by atoms with Crippen LogP contribution in [0.4, 0.5) is 0 Å². The summed E-state index contributed by atoms with van der Waals surface area (Å²) in [7, 11) is 0. The molecule has 122 valence electrons. The van der Waals surface area contributed by atoms with Gasteiger partial charge in [-0.25, -0.2) is 0 Å². The first-order chi connectivity index (χ1) is 11.1. The number of nitriles is 1. The number of aliphatic hydroxyl groups is 1. The minimum atomic E-state index is -0.321. The van der Waals surface area contributed by atoms with Crippen molar-refractivity contribution in [2.24, 2.45) is 5.41 Å². The zero-order valence-corrected chi connectivity index (χ0v) is 13.4. The largest absolute Gasteiger partial charge is 0.392 e. The monoisotopic (exact) mass is 314 g/mol. The summed E-state index contributed by atoms with van der Waals surface area (Å²) in [5.41, 5.74) is 0.868. The highest BCUT2D eigenvalue weighted by Gasteiger charge is 2.56. The molecule has 1 aromatic rings. The molecule has 1 aromatic carbocycles. The third kappa shape index (κ3) is 2.73. The van der Waals surface area contributed by atoms with Gasteiger partial charge in [0, 0.05) is 37.1 Å². The zero-order valence-electron chi connectivity index (χ0n) is 13.4. The van der Waals surface area contributed by atoms with E-state index in [4.69, 9.17) is 10.00 Å². The number of ether oxygens (including phenoxy) is 1. The SMILES string of the molecule is CCOC1CC(O)C12CCN(C(=O)c1cccc(C#N)c1)CC2. The molecular weight excluding hydrogens is 292 g/mol. The molecule has 23 heavy (non-hydrogen) atoms. The first kappa shape index (κ1) is 16.0. The van der Waals surface area contributed by atoms with E-state index in [-0.39, 0.29) is 23.5 Å². The number of amides is 1. The zero-order chi connectivity index (χ0) is 16.4. The summed E-state index contributed by atoms with van der Waals surface area (Å²) < 4.78 is 5.75. The van der Waals surface area contributed by atoms with Crippen molar-refractivity contribution in [2.75, 3.05) is 19.7 Å². The third-order valence-electron chi connectivity index (χ3n) is 5.33. The molecule has 2 aliphatic rings. The quantitative estimate of drug-likeness (QED) is 0.925. The number of hydrogen-bond donors (Lipinski definition) is 1. The highest BCUT2D eigenvalue weighted by molar-refractivity contribution is 5.94. The molecule has 0 radical (unpaired) electrons. The van der Waals surface area contributed by atoms with Crippen LogP contribution in [-0.4, -0.2) is 47.8 Å². The van der Waals surface area contributed by atoms with Crippen molar-refractivity contribution in [3.63, 3.8) is 0 Å². The van der Waals surface area contributed by atoms with Crippen LogP contribution in [0, 0.1) is 16.7 Å². The van der Waals surface area contributed by atoms with E-state index in [2.05, 4.69) is 6.07 Å². The lowest BCUT2D eigenvalue weighted by atomic mass is 9.58. The first-order valence-electron chi connectivity index (χ1n) is 8.20. The molecule has 2 fully saturated rings. The van der Waals surface area contributed by atoms with Crippen LogP contribution in [-0.2, 0) is 4.74 Å². The number of benzene rings is 1. The fourth-order valence-corrected chi connectivity index (χ4v) is 3.85. The van der Waals surface area contributed by atoms with Gasteiger partial charge in [-0.15, -0.1) is 0 Å². The van der Waals surface area contributed by atoms with Crippen LogP contribution in [0.25, 0.3) is 0 Å². The van der Waals surface area contributed by atoms with Gasteiger partial charge in [0.05, 0.1) is 23.8 Å². The molecule has 3 rings (SSSR count). The number of piperidine rings is 1. The van der Waals surface area contributed by atoms with Gasteiger partial charge in [-0.05, 0) is 38.0 Å². The van der Waals surface area contributed by atoms with Gasteiger partial charge >= 0.3 is 0 Å². The van der Waals surface area contributed by atoms with Gasteiger partial charge in [0.15, 0.2) is 0 Å². The Morgan fingerprint density at radius 1 is 1.48 bits per heavy atom. The number of likely N-dealkylation sites (tertiary alicyclic amines) is 1. The average molecular weight is 314 g/mol. The molecule has 1 amide bonds. The Morgan fingerprint density at radius 3 is 2.83 bits per heavy atom. The smallest absolute Gasteiger partial charge is 0.253 e. The van der Waals surface area contributed by atoms with Crippen molar-refractivity contribution < 1.29 is 14.6 Å². The summed E-state index contributed by atoms with van der Waals surface area (Å²) in [6, 6.07) is 8.87. The van der Waals surface area contributed by atoms with Crippen LogP contribution in [0.3, 0.4) is 0 Å². The molecule has 2 atom stereocenters. The highest BCUT2D eigenvalue weighted by Crippen LogP contribution is 2.51. The van der Waals surface area contributed by atoms with Gasteiger partial charge in [-0.2, -0.15) is 5.26 Å². The third-order valence-corrected chi connectivity index (χ3v) is 5.33. The number of aliphatic hydroxyl groups excluding tert-OH is 1. The maximum atomic E-state index is 12.6. The molecule has 1 saturated carbocycles. The lowest BCUT2D eigenvalue weighted by molar-refractivity contribution is -0.207. The van der Waals surface area contributed by atoms with Crippen molar-refractivity contribution in [1.82, 2.24) is 4.90 Å². The number of hydrogen-bond acceptors (Lipinski definition) is 4. The highest BCUT2D eigenvalue weighted by atomic mass is 16.5. The fourth-order valence-electron chi connectivity index (χ4n) is 3.85. The molecule has 1 spiro atoms. The van der Waals surface area contributed by atoms with Crippen LogP contribution < -0.4 is 0 Å². The summed E-state index contributed by atoms with van der Waals surface area (Å²) in [6.07, 6.45) is 2.02. The molecule has 5 nitrogen and oxygen atoms in total. The Labute approximate surface area is 136 Å². The Kier molecular flexibility index (Phi) is 4.38. The van der Waals surface area contributed by atoms with E-state index < -0.39 is 0 Å². The Hall–Kier alpha value is -1.90. The molecule has 1 aliphatic heterocycles. The van der Waals surface area contributed by atoms with E-state index in [1.165, 1.54) is 0 Å². The Morgan fingerprint density at radius 2 is 2.22 bits per heavy atom. The molecular formula is C18H22N2O3. The van der Waals surface area contributed by atoms with Gasteiger partial charge in [0.1, 0.15) is 0 Å². The lowest BCUT2D eigenvalue weighted by Gasteiger charge is -2.56. The van der Waals surface area contributed by atoms with Gasteiger partial charge in [-0.3, -0.25) is 4.79 Å². The van der Waals surface area contributed by atoms with Crippen molar-refractivity contribution in [3.05, 3.63) is 35.4 Å². The fraction of sp³-hybridized carbons (Fsp3) is 0.556. The average Bonchev–Trinajstić information content (AvgIpc) is 2.61. The molecule has 0 bridgehead atoms. The van der Waals surface area contributed by atoms with E-state index in [1.807, 2.05) is 11.8 Å². The summed E-state index contributed by atoms with van der Waals surface area (Å²) >= 11 is 0. The summed E-state index contributed by atoms with van der Waals surface area (Å²) in [5, 5.41) is 19.2. The minimum Gasteiger partial charge on any atom is -0.392 e. The lowest BCUT2D eigenvalue weighted by Crippen LogP contribution is -2.62. The summed E-state index contributed by atoms with van der Waals surface area (Å²) in [4.78, 5) is 14.4. The maximum absolute atomic E-state index is 12.6. The van der Waals surface area contributed by atoms with Gasteiger partial charge in [0.25, 0.3) is 5.91 Å². The Bertz CT molecular complexity index is 627.